The SMILES string of the molecule is Cc1onc(-c2ccc(Br)cc2)c1NC(=O)OC(C)c1ccccc1Cl. The Morgan fingerprint density at radius 1 is 1.23 bits per heavy atom. The molecule has 1 atom stereocenters. The van der Waals surface area contributed by atoms with Crippen LogP contribution in [0.5, 0.6) is 0 Å². The molecule has 1 unspecified atom stereocenters. The van der Waals surface area contributed by atoms with E-state index in [0.717, 1.165) is 15.6 Å². The normalized spacial score (nSPS) is 11.8. The van der Waals surface area contributed by atoms with Crippen molar-refractivity contribution in [2.45, 2.75) is 20.0 Å². The number of anilines is 1. The zero-order chi connectivity index (χ0) is 18.7. The van der Waals surface area contributed by atoms with E-state index in [1.807, 2.05) is 42.5 Å². The molecule has 1 aromatic heterocycles. The zero-order valence-corrected chi connectivity index (χ0v) is 16.5. The fourth-order valence-electron chi connectivity index (χ4n) is 2.48. The highest BCUT2D eigenvalue weighted by Crippen LogP contribution is 2.32. The van der Waals surface area contributed by atoms with Crippen LogP contribution < -0.4 is 5.32 Å². The van der Waals surface area contributed by atoms with Crippen LogP contribution in [0.2, 0.25) is 5.02 Å². The molecule has 0 saturated carbocycles. The Hall–Kier alpha value is -2.31. The summed E-state index contributed by atoms with van der Waals surface area (Å²) >= 11 is 9.54. The number of nitrogens with one attached hydrogen (secondary N) is 1. The van der Waals surface area contributed by atoms with Gasteiger partial charge in [0, 0.05) is 20.6 Å². The van der Waals surface area contributed by atoms with Crippen molar-refractivity contribution >= 4 is 39.3 Å². The number of aryl methyl sites for hydroxylation is 1. The monoisotopic (exact) mass is 434 g/mol. The highest BCUT2D eigenvalue weighted by atomic mass is 79.9. The molecule has 3 aromatic rings. The molecule has 0 aliphatic carbocycles. The highest BCUT2D eigenvalue weighted by molar-refractivity contribution is 9.10. The molecule has 1 amide bonds. The lowest BCUT2D eigenvalue weighted by Gasteiger charge is -2.15. The summed E-state index contributed by atoms with van der Waals surface area (Å²) in [5.41, 5.74) is 2.57. The summed E-state index contributed by atoms with van der Waals surface area (Å²) in [5, 5.41) is 7.30. The number of aromatic nitrogens is 1. The standard InChI is InChI=1S/C19H16BrClN2O3/c1-11(15-5-3-4-6-16(15)21)25-19(24)22-17-12(2)26-23-18(17)13-7-9-14(20)10-8-13/h3-11H,1-2H3,(H,22,24). The molecule has 0 bridgehead atoms. The molecular weight excluding hydrogens is 420 g/mol. The Morgan fingerprint density at radius 3 is 2.62 bits per heavy atom. The summed E-state index contributed by atoms with van der Waals surface area (Å²) in [6.07, 6.45) is -1.11. The van der Waals surface area contributed by atoms with Gasteiger partial charge in [-0.3, -0.25) is 5.32 Å². The molecule has 2 aromatic carbocycles. The summed E-state index contributed by atoms with van der Waals surface area (Å²) in [5.74, 6) is 0.491. The van der Waals surface area contributed by atoms with E-state index >= 15 is 0 Å². The molecule has 0 fully saturated rings. The van der Waals surface area contributed by atoms with Gasteiger partial charge in [0.25, 0.3) is 0 Å². The topological polar surface area (TPSA) is 64.4 Å². The van der Waals surface area contributed by atoms with E-state index in [0.29, 0.717) is 22.2 Å². The van der Waals surface area contributed by atoms with E-state index in [9.17, 15) is 4.79 Å². The van der Waals surface area contributed by atoms with Crippen LogP contribution in [-0.2, 0) is 4.74 Å². The van der Waals surface area contributed by atoms with Crippen molar-refractivity contribution in [1.29, 1.82) is 0 Å². The number of benzene rings is 2. The van der Waals surface area contributed by atoms with Crippen molar-refractivity contribution in [3.8, 4) is 11.3 Å². The first kappa shape index (κ1) is 18.5. The third kappa shape index (κ3) is 4.08. The maximum atomic E-state index is 12.3. The van der Waals surface area contributed by atoms with Gasteiger partial charge in [-0.1, -0.05) is 63.0 Å². The van der Waals surface area contributed by atoms with Crippen LogP contribution in [0.15, 0.2) is 57.5 Å². The summed E-state index contributed by atoms with van der Waals surface area (Å²) in [6, 6.07) is 14.8. The molecule has 1 heterocycles. The van der Waals surface area contributed by atoms with Gasteiger partial charge in [0.05, 0.1) is 0 Å². The van der Waals surface area contributed by atoms with Gasteiger partial charge in [0.2, 0.25) is 0 Å². The quantitative estimate of drug-likeness (QED) is 0.517. The van der Waals surface area contributed by atoms with Gasteiger partial charge in [-0.15, -0.1) is 0 Å². The largest absolute Gasteiger partial charge is 0.441 e. The molecule has 1 N–H and O–H groups in total. The Morgan fingerprint density at radius 2 is 1.92 bits per heavy atom. The van der Waals surface area contributed by atoms with Crippen LogP contribution in [-0.4, -0.2) is 11.2 Å². The van der Waals surface area contributed by atoms with Crippen molar-refractivity contribution in [3.63, 3.8) is 0 Å². The Labute approximate surface area is 164 Å². The van der Waals surface area contributed by atoms with Gasteiger partial charge in [-0.25, -0.2) is 4.79 Å². The van der Waals surface area contributed by atoms with Crippen molar-refractivity contribution < 1.29 is 14.1 Å². The summed E-state index contributed by atoms with van der Waals surface area (Å²) < 4.78 is 11.6. The molecule has 5 nitrogen and oxygen atoms in total. The second kappa shape index (κ2) is 7.93. The molecule has 3 rings (SSSR count). The van der Waals surface area contributed by atoms with Gasteiger partial charge in [0.1, 0.15) is 17.5 Å². The first-order valence-electron chi connectivity index (χ1n) is 7.90. The number of amides is 1. The minimum absolute atomic E-state index is 0.476. The third-order valence-corrected chi connectivity index (χ3v) is 4.71. The lowest BCUT2D eigenvalue weighted by atomic mass is 10.1. The van der Waals surface area contributed by atoms with Crippen LogP contribution >= 0.6 is 27.5 Å². The summed E-state index contributed by atoms with van der Waals surface area (Å²) in [6.45, 7) is 3.49. The van der Waals surface area contributed by atoms with Crippen LogP contribution in [0, 0.1) is 6.92 Å². The van der Waals surface area contributed by atoms with E-state index in [1.54, 1.807) is 19.9 Å². The first-order chi connectivity index (χ1) is 12.5. The van der Waals surface area contributed by atoms with Gasteiger partial charge in [0.15, 0.2) is 5.76 Å². The molecule has 0 spiro atoms. The number of nitrogens with zero attached hydrogens (tertiary/aromatic N) is 1. The molecule has 134 valence electrons. The van der Waals surface area contributed by atoms with E-state index < -0.39 is 12.2 Å². The van der Waals surface area contributed by atoms with E-state index in [1.165, 1.54) is 0 Å². The van der Waals surface area contributed by atoms with Crippen molar-refractivity contribution in [3.05, 3.63) is 69.3 Å². The van der Waals surface area contributed by atoms with Crippen molar-refractivity contribution in [2.24, 2.45) is 0 Å². The molecule has 26 heavy (non-hydrogen) atoms. The highest BCUT2D eigenvalue weighted by Gasteiger charge is 2.20. The lowest BCUT2D eigenvalue weighted by molar-refractivity contribution is 0.121. The average molecular weight is 436 g/mol. The minimum atomic E-state index is -0.609. The van der Waals surface area contributed by atoms with E-state index in [2.05, 4.69) is 26.4 Å². The molecule has 0 radical (unpaired) electrons. The fraction of sp³-hybridized carbons (Fsp3) is 0.158. The Bertz CT molecular complexity index is 925. The number of ether oxygens (including phenoxy) is 1. The maximum absolute atomic E-state index is 12.3. The van der Waals surface area contributed by atoms with Gasteiger partial charge in [-0.2, -0.15) is 0 Å². The minimum Gasteiger partial charge on any atom is -0.441 e. The lowest BCUT2D eigenvalue weighted by Crippen LogP contribution is -2.17. The number of rotatable bonds is 4. The summed E-state index contributed by atoms with van der Waals surface area (Å²) in [4.78, 5) is 12.3. The van der Waals surface area contributed by atoms with Crippen LogP contribution in [0.25, 0.3) is 11.3 Å². The Balaban J connectivity index is 1.77. The van der Waals surface area contributed by atoms with Gasteiger partial charge in [-0.05, 0) is 32.0 Å². The van der Waals surface area contributed by atoms with Crippen molar-refractivity contribution in [1.82, 2.24) is 5.16 Å². The number of hydrogen-bond acceptors (Lipinski definition) is 4. The first-order valence-corrected chi connectivity index (χ1v) is 9.07. The van der Waals surface area contributed by atoms with Crippen LogP contribution in [0.1, 0.15) is 24.4 Å². The molecule has 0 aliphatic heterocycles. The number of carbonyl (C=O) groups excluding carboxylic acids is 1. The predicted molar refractivity (Wildman–Crippen MR) is 104 cm³/mol. The number of halogens is 2. The molecule has 7 heteroatoms. The zero-order valence-electron chi connectivity index (χ0n) is 14.1. The molecule has 0 saturated heterocycles. The molecular formula is C19H16BrClN2O3. The fourth-order valence-corrected chi connectivity index (χ4v) is 3.04. The third-order valence-electron chi connectivity index (χ3n) is 3.83. The van der Waals surface area contributed by atoms with Gasteiger partial charge < -0.3 is 9.26 Å². The van der Waals surface area contributed by atoms with Gasteiger partial charge >= 0.3 is 6.09 Å². The van der Waals surface area contributed by atoms with Crippen LogP contribution in [0.4, 0.5) is 10.5 Å². The average Bonchev–Trinajstić information content (AvgIpc) is 2.96. The molecule has 0 aliphatic rings. The number of hydrogen-bond donors (Lipinski definition) is 1. The number of carbonyl (C=O) groups is 1. The maximum Gasteiger partial charge on any atom is 0.412 e. The second-order valence-corrected chi connectivity index (χ2v) is 6.99. The second-order valence-electron chi connectivity index (χ2n) is 5.66. The Kier molecular flexibility index (Phi) is 5.64. The predicted octanol–water partition coefficient (Wildman–Crippen LogP) is 6.38. The van der Waals surface area contributed by atoms with E-state index in [4.69, 9.17) is 20.9 Å². The smallest absolute Gasteiger partial charge is 0.412 e. The van der Waals surface area contributed by atoms with E-state index in [-0.39, 0.29) is 0 Å². The summed E-state index contributed by atoms with van der Waals surface area (Å²) in [7, 11) is 0. The van der Waals surface area contributed by atoms with Crippen LogP contribution in [0.3, 0.4) is 0 Å². The van der Waals surface area contributed by atoms with Crippen molar-refractivity contribution in [2.75, 3.05) is 5.32 Å².